The highest BCUT2D eigenvalue weighted by Gasteiger charge is 2.45. The average Bonchev–Trinajstić information content (AvgIpc) is 2.30. The second-order valence-electron chi connectivity index (χ2n) is 4.06. The van der Waals surface area contributed by atoms with Gasteiger partial charge in [-0.3, -0.25) is 0 Å². The Morgan fingerprint density at radius 3 is 2.62 bits per heavy atom. The third-order valence-electron chi connectivity index (χ3n) is 2.88. The van der Waals surface area contributed by atoms with Crippen molar-refractivity contribution in [2.45, 2.75) is 49.9 Å². The average molecular weight is 206 g/mol. The molecule has 1 aliphatic rings. The van der Waals surface area contributed by atoms with E-state index in [1.54, 1.807) is 0 Å². The molecule has 0 aromatic heterocycles. The summed E-state index contributed by atoms with van der Waals surface area (Å²) in [4.78, 5) is 0. The zero-order valence-corrected chi connectivity index (χ0v) is 9.10. The van der Waals surface area contributed by atoms with Crippen LogP contribution in [0.1, 0.15) is 39.0 Å². The minimum atomic E-state index is -3.08. The van der Waals surface area contributed by atoms with Crippen molar-refractivity contribution in [3.05, 3.63) is 0 Å². The van der Waals surface area contributed by atoms with E-state index < -0.39 is 20.7 Å². The molecule has 0 aromatic rings. The zero-order chi connectivity index (χ0) is 10.1. The van der Waals surface area contributed by atoms with Gasteiger partial charge in [-0.2, -0.15) is 0 Å². The third kappa shape index (κ3) is 2.23. The molecule has 1 N–H and O–H groups in total. The minimum Gasteiger partial charge on any atom is -0.389 e. The van der Waals surface area contributed by atoms with Gasteiger partial charge in [0.1, 0.15) is 0 Å². The van der Waals surface area contributed by atoms with Crippen LogP contribution in [0, 0.1) is 0 Å². The molecule has 0 heterocycles. The lowest BCUT2D eigenvalue weighted by Crippen LogP contribution is -2.41. The van der Waals surface area contributed by atoms with E-state index in [1.807, 2.05) is 6.92 Å². The SMILES string of the molecule is CCCC1(O)CCCC1S(C)(=O)=O. The Balaban J connectivity index is 2.86. The molecule has 0 bridgehead atoms. The maximum absolute atomic E-state index is 11.4. The predicted octanol–water partition coefficient (Wildman–Crippen LogP) is 1.11. The van der Waals surface area contributed by atoms with Crippen molar-refractivity contribution in [1.82, 2.24) is 0 Å². The molecule has 2 unspecified atom stereocenters. The van der Waals surface area contributed by atoms with Gasteiger partial charge >= 0.3 is 0 Å². The van der Waals surface area contributed by atoms with Crippen molar-refractivity contribution < 1.29 is 13.5 Å². The monoisotopic (exact) mass is 206 g/mol. The summed E-state index contributed by atoms with van der Waals surface area (Å²) < 4.78 is 22.7. The van der Waals surface area contributed by atoms with Crippen molar-refractivity contribution in [2.24, 2.45) is 0 Å². The highest BCUT2D eigenvalue weighted by atomic mass is 32.2. The molecule has 2 atom stereocenters. The Bertz CT molecular complexity index is 271. The number of hydrogen-bond acceptors (Lipinski definition) is 3. The van der Waals surface area contributed by atoms with Crippen LogP contribution in [0.5, 0.6) is 0 Å². The summed E-state index contributed by atoms with van der Waals surface area (Å²) in [6.07, 6.45) is 4.75. The van der Waals surface area contributed by atoms with Gasteiger partial charge in [0.2, 0.25) is 0 Å². The Morgan fingerprint density at radius 1 is 1.54 bits per heavy atom. The Hall–Kier alpha value is -0.0900. The van der Waals surface area contributed by atoms with Crippen molar-refractivity contribution in [2.75, 3.05) is 6.26 Å². The van der Waals surface area contributed by atoms with E-state index in [9.17, 15) is 13.5 Å². The number of aliphatic hydroxyl groups is 1. The highest BCUT2D eigenvalue weighted by Crippen LogP contribution is 2.37. The molecule has 0 aromatic carbocycles. The van der Waals surface area contributed by atoms with Crippen molar-refractivity contribution in [3.63, 3.8) is 0 Å². The normalized spacial score (nSPS) is 35.2. The molecule has 1 saturated carbocycles. The standard InChI is InChI=1S/C9H18O3S/c1-3-6-9(10)7-4-5-8(9)13(2,11)12/h8,10H,3-7H2,1-2H3. The summed E-state index contributed by atoms with van der Waals surface area (Å²) in [6, 6.07) is 0. The van der Waals surface area contributed by atoms with Crippen molar-refractivity contribution in [1.29, 1.82) is 0 Å². The maximum Gasteiger partial charge on any atom is 0.153 e. The van der Waals surface area contributed by atoms with E-state index in [0.717, 1.165) is 12.8 Å². The molecule has 1 aliphatic carbocycles. The fourth-order valence-electron chi connectivity index (χ4n) is 2.35. The van der Waals surface area contributed by atoms with E-state index >= 15 is 0 Å². The molecule has 4 heteroatoms. The summed E-state index contributed by atoms with van der Waals surface area (Å²) >= 11 is 0. The van der Waals surface area contributed by atoms with E-state index in [4.69, 9.17) is 0 Å². The molecule has 0 radical (unpaired) electrons. The quantitative estimate of drug-likeness (QED) is 0.752. The smallest absolute Gasteiger partial charge is 0.153 e. The van der Waals surface area contributed by atoms with E-state index in [0.29, 0.717) is 19.3 Å². The first-order chi connectivity index (χ1) is 5.90. The molecule has 13 heavy (non-hydrogen) atoms. The lowest BCUT2D eigenvalue weighted by atomic mass is 9.96. The van der Waals surface area contributed by atoms with Crippen molar-refractivity contribution in [3.8, 4) is 0 Å². The maximum atomic E-state index is 11.4. The van der Waals surface area contributed by atoms with Crippen LogP contribution in [0.3, 0.4) is 0 Å². The minimum absolute atomic E-state index is 0.528. The molecule has 78 valence electrons. The van der Waals surface area contributed by atoms with Crippen LogP contribution in [0.4, 0.5) is 0 Å². The number of rotatable bonds is 3. The molecular formula is C9H18O3S. The second kappa shape index (κ2) is 3.58. The Kier molecular flexibility index (Phi) is 3.02. The molecule has 0 spiro atoms. The van der Waals surface area contributed by atoms with Crippen LogP contribution >= 0.6 is 0 Å². The second-order valence-corrected chi connectivity index (χ2v) is 6.29. The van der Waals surface area contributed by atoms with E-state index in [1.165, 1.54) is 6.26 Å². The van der Waals surface area contributed by atoms with Gasteiger partial charge < -0.3 is 5.11 Å². The van der Waals surface area contributed by atoms with E-state index in [-0.39, 0.29) is 0 Å². The van der Waals surface area contributed by atoms with Crippen molar-refractivity contribution >= 4 is 9.84 Å². The van der Waals surface area contributed by atoms with Crippen LogP contribution in [-0.2, 0) is 9.84 Å². The lowest BCUT2D eigenvalue weighted by Gasteiger charge is -2.28. The van der Waals surface area contributed by atoms with Gasteiger partial charge in [0, 0.05) is 6.26 Å². The zero-order valence-electron chi connectivity index (χ0n) is 8.28. The fraction of sp³-hybridized carbons (Fsp3) is 1.00. The molecule has 3 nitrogen and oxygen atoms in total. The summed E-state index contributed by atoms with van der Waals surface area (Å²) in [7, 11) is -3.08. The molecule has 1 rings (SSSR count). The largest absolute Gasteiger partial charge is 0.389 e. The lowest BCUT2D eigenvalue weighted by molar-refractivity contribution is 0.0412. The van der Waals surface area contributed by atoms with Gasteiger partial charge in [-0.25, -0.2) is 8.42 Å². The van der Waals surface area contributed by atoms with Crippen LogP contribution in [0.25, 0.3) is 0 Å². The van der Waals surface area contributed by atoms with Gasteiger partial charge in [0.05, 0.1) is 10.9 Å². The van der Waals surface area contributed by atoms with Crippen LogP contribution < -0.4 is 0 Å². The van der Waals surface area contributed by atoms with Gasteiger partial charge in [0.15, 0.2) is 9.84 Å². The van der Waals surface area contributed by atoms with Gasteiger partial charge in [-0.05, 0) is 25.7 Å². The van der Waals surface area contributed by atoms with Gasteiger partial charge in [-0.1, -0.05) is 13.3 Å². The van der Waals surface area contributed by atoms with E-state index in [2.05, 4.69) is 0 Å². The third-order valence-corrected chi connectivity index (χ3v) is 4.58. The van der Waals surface area contributed by atoms with Crippen LogP contribution in [-0.4, -0.2) is 30.6 Å². The molecule has 0 amide bonds. The summed E-state index contributed by atoms with van der Waals surface area (Å²) in [5, 5.41) is 9.58. The predicted molar refractivity (Wildman–Crippen MR) is 52.3 cm³/mol. The topological polar surface area (TPSA) is 54.4 Å². The van der Waals surface area contributed by atoms with Gasteiger partial charge in [0.25, 0.3) is 0 Å². The Morgan fingerprint density at radius 2 is 2.15 bits per heavy atom. The summed E-state index contributed by atoms with van der Waals surface area (Å²) in [5.41, 5.74) is -0.942. The molecule has 0 saturated heterocycles. The van der Waals surface area contributed by atoms with Gasteiger partial charge in [-0.15, -0.1) is 0 Å². The number of hydrogen-bond donors (Lipinski definition) is 1. The first-order valence-electron chi connectivity index (χ1n) is 4.81. The van der Waals surface area contributed by atoms with Crippen LogP contribution in [0.2, 0.25) is 0 Å². The summed E-state index contributed by atoms with van der Waals surface area (Å²) in [6.45, 7) is 1.97. The van der Waals surface area contributed by atoms with Crippen LogP contribution in [0.15, 0.2) is 0 Å². The molecular weight excluding hydrogens is 188 g/mol. The molecule has 0 aliphatic heterocycles. The fourth-order valence-corrected chi connectivity index (χ4v) is 3.98. The molecule has 1 fully saturated rings. The number of sulfone groups is 1. The highest BCUT2D eigenvalue weighted by molar-refractivity contribution is 7.91. The summed E-state index contributed by atoms with van der Waals surface area (Å²) in [5.74, 6) is 0. The Labute approximate surface area is 80.1 Å². The first-order valence-corrected chi connectivity index (χ1v) is 6.77. The first kappa shape index (κ1) is 11.0.